The molecule has 0 aliphatic heterocycles. The van der Waals surface area contributed by atoms with Crippen LogP contribution in [-0.2, 0) is 12.8 Å². The molecule has 0 aliphatic rings. The second kappa shape index (κ2) is 7.02. The molecular formula is C26H20S. The maximum absolute atomic E-state index is 2.43. The Morgan fingerprint density at radius 3 is 1.70 bits per heavy atom. The van der Waals surface area contributed by atoms with Crippen molar-refractivity contribution in [2.45, 2.75) is 12.8 Å². The lowest BCUT2D eigenvalue weighted by molar-refractivity contribution is 1.10. The van der Waals surface area contributed by atoms with E-state index in [0.717, 1.165) is 12.8 Å². The number of rotatable bonds is 4. The van der Waals surface area contributed by atoms with Crippen LogP contribution in [0.2, 0.25) is 0 Å². The minimum absolute atomic E-state index is 0.975. The Morgan fingerprint density at radius 2 is 1.04 bits per heavy atom. The Balaban J connectivity index is 1.67. The van der Waals surface area contributed by atoms with Gasteiger partial charge < -0.3 is 0 Å². The molecule has 130 valence electrons. The third-order valence-electron chi connectivity index (χ3n) is 5.17. The molecule has 1 aromatic heterocycles. The Labute approximate surface area is 163 Å². The number of hydrogen-bond acceptors (Lipinski definition) is 1. The third-order valence-corrected chi connectivity index (χ3v) is 6.31. The predicted octanol–water partition coefficient (Wildman–Crippen LogP) is 7.24. The second-order valence-corrected chi connectivity index (χ2v) is 8.12. The molecule has 0 saturated heterocycles. The number of hydrogen-bond donors (Lipinski definition) is 0. The van der Waals surface area contributed by atoms with Crippen molar-refractivity contribution in [1.29, 1.82) is 0 Å². The van der Waals surface area contributed by atoms with Gasteiger partial charge in [0.05, 0.1) is 0 Å². The fourth-order valence-corrected chi connectivity index (χ4v) is 4.97. The highest BCUT2D eigenvalue weighted by Gasteiger charge is 2.11. The summed E-state index contributed by atoms with van der Waals surface area (Å²) < 4.78 is 2.76. The predicted molar refractivity (Wildman–Crippen MR) is 118 cm³/mol. The van der Waals surface area contributed by atoms with E-state index in [1.165, 1.54) is 42.4 Å². The lowest BCUT2D eigenvalue weighted by Gasteiger charge is -2.11. The molecule has 1 heteroatoms. The fraction of sp³-hybridized carbons (Fsp3) is 0.0769. The first-order valence-electron chi connectivity index (χ1n) is 9.38. The zero-order valence-corrected chi connectivity index (χ0v) is 15.9. The van der Waals surface area contributed by atoms with E-state index in [2.05, 4.69) is 97.1 Å². The van der Waals surface area contributed by atoms with Crippen molar-refractivity contribution < 1.29 is 0 Å². The summed E-state index contributed by atoms with van der Waals surface area (Å²) in [6, 6.07) is 35.2. The molecule has 5 rings (SSSR count). The third kappa shape index (κ3) is 3.27. The van der Waals surface area contributed by atoms with Gasteiger partial charge in [0, 0.05) is 20.2 Å². The molecule has 0 spiro atoms. The maximum Gasteiger partial charge on any atom is 0.0358 e. The molecule has 5 aromatic rings. The van der Waals surface area contributed by atoms with Crippen LogP contribution in [0, 0.1) is 0 Å². The lowest BCUT2D eigenvalue weighted by atomic mass is 9.93. The van der Waals surface area contributed by atoms with Crippen LogP contribution in [0.4, 0.5) is 0 Å². The highest BCUT2D eigenvalue weighted by molar-refractivity contribution is 7.25. The van der Waals surface area contributed by atoms with Gasteiger partial charge in [0.25, 0.3) is 0 Å². The van der Waals surface area contributed by atoms with Crippen molar-refractivity contribution in [3.63, 3.8) is 0 Å². The van der Waals surface area contributed by atoms with Gasteiger partial charge in [-0.25, -0.2) is 0 Å². The largest absolute Gasteiger partial charge is 0.135 e. The highest BCUT2D eigenvalue weighted by Crippen LogP contribution is 2.36. The Bertz CT molecular complexity index is 1200. The maximum atomic E-state index is 2.43. The van der Waals surface area contributed by atoms with Gasteiger partial charge in [-0.1, -0.05) is 78.9 Å². The second-order valence-electron chi connectivity index (χ2n) is 7.04. The molecule has 0 radical (unpaired) electrons. The van der Waals surface area contributed by atoms with Crippen LogP contribution >= 0.6 is 11.3 Å². The van der Waals surface area contributed by atoms with Gasteiger partial charge >= 0.3 is 0 Å². The standard InChI is InChI=1S/C26H20S/c1-3-9-19(10-4-1)15-21-17-24-23-13-7-8-14-25(23)27-26(24)18-22(21)16-20-11-5-2-6-12-20/h1-14,17-18H,15-16H2. The minimum Gasteiger partial charge on any atom is -0.135 e. The molecule has 0 saturated carbocycles. The van der Waals surface area contributed by atoms with Crippen molar-refractivity contribution in [3.05, 3.63) is 119 Å². The van der Waals surface area contributed by atoms with Crippen LogP contribution in [0.25, 0.3) is 20.2 Å². The van der Waals surface area contributed by atoms with E-state index in [1.54, 1.807) is 0 Å². The van der Waals surface area contributed by atoms with Crippen molar-refractivity contribution in [2.24, 2.45) is 0 Å². The van der Waals surface area contributed by atoms with E-state index in [-0.39, 0.29) is 0 Å². The topological polar surface area (TPSA) is 0 Å². The molecule has 1 heterocycles. The molecule has 0 nitrogen and oxygen atoms in total. The lowest BCUT2D eigenvalue weighted by Crippen LogP contribution is -1.97. The summed E-state index contributed by atoms with van der Waals surface area (Å²) in [5.41, 5.74) is 5.60. The summed E-state index contributed by atoms with van der Waals surface area (Å²) in [5, 5.41) is 2.76. The van der Waals surface area contributed by atoms with E-state index >= 15 is 0 Å². The van der Waals surface area contributed by atoms with Crippen molar-refractivity contribution in [2.75, 3.05) is 0 Å². The van der Waals surface area contributed by atoms with E-state index in [9.17, 15) is 0 Å². The normalized spacial score (nSPS) is 11.3. The SMILES string of the molecule is c1ccc(Cc2cc3sc4ccccc4c3cc2Cc2ccccc2)cc1. The first-order valence-corrected chi connectivity index (χ1v) is 10.2. The summed E-state index contributed by atoms with van der Waals surface area (Å²) in [5.74, 6) is 0. The first-order chi connectivity index (χ1) is 13.4. The minimum atomic E-state index is 0.975. The van der Waals surface area contributed by atoms with Crippen LogP contribution in [0.15, 0.2) is 97.1 Å². The fourth-order valence-electron chi connectivity index (χ4n) is 3.82. The Morgan fingerprint density at radius 1 is 0.481 bits per heavy atom. The molecule has 27 heavy (non-hydrogen) atoms. The average Bonchev–Trinajstić information content (AvgIpc) is 3.07. The Kier molecular flexibility index (Phi) is 4.23. The molecule has 0 bridgehead atoms. The number of fused-ring (bicyclic) bond motifs is 3. The van der Waals surface area contributed by atoms with Crippen molar-refractivity contribution >= 4 is 31.5 Å². The van der Waals surface area contributed by atoms with Crippen molar-refractivity contribution in [1.82, 2.24) is 0 Å². The van der Waals surface area contributed by atoms with E-state index in [4.69, 9.17) is 0 Å². The zero-order chi connectivity index (χ0) is 18.1. The van der Waals surface area contributed by atoms with Gasteiger partial charge in [0.1, 0.15) is 0 Å². The molecule has 0 amide bonds. The first kappa shape index (κ1) is 16.3. The smallest absolute Gasteiger partial charge is 0.0358 e. The zero-order valence-electron chi connectivity index (χ0n) is 15.1. The van der Waals surface area contributed by atoms with Gasteiger partial charge in [0.2, 0.25) is 0 Å². The average molecular weight is 365 g/mol. The van der Waals surface area contributed by atoms with Gasteiger partial charge in [0.15, 0.2) is 0 Å². The van der Waals surface area contributed by atoms with Crippen molar-refractivity contribution in [3.8, 4) is 0 Å². The van der Waals surface area contributed by atoms with Gasteiger partial charge in [-0.3, -0.25) is 0 Å². The van der Waals surface area contributed by atoms with Gasteiger partial charge in [-0.05, 0) is 53.3 Å². The molecule has 4 aromatic carbocycles. The van der Waals surface area contributed by atoms with Crippen LogP contribution in [0.1, 0.15) is 22.3 Å². The molecule has 0 N–H and O–H groups in total. The van der Waals surface area contributed by atoms with E-state index in [1.807, 2.05) is 11.3 Å². The Hall–Kier alpha value is -2.90. The quantitative estimate of drug-likeness (QED) is 0.315. The highest BCUT2D eigenvalue weighted by atomic mass is 32.1. The van der Waals surface area contributed by atoms with Crippen LogP contribution in [-0.4, -0.2) is 0 Å². The number of thiophene rings is 1. The molecule has 0 atom stereocenters. The van der Waals surface area contributed by atoms with Crippen LogP contribution in [0.5, 0.6) is 0 Å². The molecule has 0 fully saturated rings. The number of benzene rings is 4. The van der Waals surface area contributed by atoms with E-state index in [0.29, 0.717) is 0 Å². The molecule has 0 unspecified atom stereocenters. The summed E-state index contributed by atoms with van der Waals surface area (Å²) in [6.07, 6.45) is 1.95. The summed E-state index contributed by atoms with van der Waals surface area (Å²) in [7, 11) is 0. The monoisotopic (exact) mass is 364 g/mol. The summed E-state index contributed by atoms with van der Waals surface area (Å²) in [6.45, 7) is 0. The summed E-state index contributed by atoms with van der Waals surface area (Å²) >= 11 is 1.90. The van der Waals surface area contributed by atoms with Gasteiger partial charge in [-0.2, -0.15) is 0 Å². The van der Waals surface area contributed by atoms with Crippen LogP contribution in [0.3, 0.4) is 0 Å². The van der Waals surface area contributed by atoms with E-state index < -0.39 is 0 Å². The van der Waals surface area contributed by atoms with Crippen LogP contribution < -0.4 is 0 Å². The van der Waals surface area contributed by atoms with Gasteiger partial charge in [-0.15, -0.1) is 11.3 Å². The molecular weight excluding hydrogens is 344 g/mol. The summed E-state index contributed by atoms with van der Waals surface area (Å²) in [4.78, 5) is 0. The molecule has 0 aliphatic carbocycles.